The fraction of sp³-hybridized carbons (Fsp3) is 0.400. The molecule has 0 aromatic heterocycles. The first-order valence-electron chi connectivity index (χ1n) is 6.72. The molecule has 0 N–H and O–H groups in total. The largest absolute Gasteiger partial charge is 0.341 e. The lowest BCUT2D eigenvalue weighted by Crippen LogP contribution is -2.41. The van der Waals surface area contributed by atoms with Gasteiger partial charge in [0.05, 0.1) is 11.3 Å². The van der Waals surface area contributed by atoms with Gasteiger partial charge in [-0.1, -0.05) is 12.1 Å². The molecule has 0 atom stereocenters. The number of amides is 2. The first-order valence-corrected chi connectivity index (χ1v) is 6.72. The second-order valence-corrected chi connectivity index (χ2v) is 5.43. The van der Waals surface area contributed by atoms with Crippen molar-refractivity contribution in [3.63, 3.8) is 0 Å². The fourth-order valence-corrected chi connectivity index (χ4v) is 2.60. The number of para-hydroxylation sites is 1. The predicted octanol–water partition coefficient (Wildman–Crippen LogP) is 1.15. The number of carbonyl (C=O) groups is 3. The van der Waals surface area contributed by atoms with Gasteiger partial charge in [-0.25, -0.2) is 0 Å². The van der Waals surface area contributed by atoms with Crippen molar-refractivity contribution >= 4 is 23.3 Å². The molecule has 20 heavy (non-hydrogen) atoms. The number of anilines is 1. The topological polar surface area (TPSA) is 57.7 Å². The van der Waals surface area contributed by atoms with Crippen molar-refractivity contribution in [2.45, 2.75) is 25.8 Å². The molecule has 5 heteroatoms. The molecule has 1 aliphatic heterocycles. The third-order valence-corrected chi connectivity index (χ3v) is 3.97. The Morgan fingerprint density at radius 3 is 2.70 bits per heavy atom. The van der Waals surface area contributed by atoms with Crippen LogP contribution in [-0.4, -0.2) is 42.1 Å². The van der Waals surface area contributed by atoms with Crippen LogP contribution in [0.5, 0.6) is 0 Å². The summed E-state index contributed by atoms with van der Waals surface area (Å²) < 4.78 is 0. The number of benzene rings is 1. The Kier molecular flexibility index (Phi) is 2.85. The molecule has 104 valence electrons. The maximum atomic E-state index is 12.2. The molecular formula is C15H16N2O3. The minimum absolute atomic E-state index is 0.0601. The van der Waals surface area contributed by atoms with Crippen LogP contribution in [-0.2, 0) is 9.59 Å². The molecule has 1 saturated carbocycles. The van der Waals surface area contributed by atoms with Crippen LogP contribution in [0.2, 0.25) is 0 Å². The normalized spacial score (nSPS) is 17.4. The molecule has 1 aliphatic carbocycles. The van der Waals surface area contributed by atoms with E-state index in [4.69, 9.17) is 0 Å². The average molecular weight is 272 g/mol. The molecule has 1 heterocycles. The van der Waals surface area contributed by atoms with E-state index in [1.54, 1.807) is 24.1 Å². The number of hydrogen-bond donors (Lipinski definition) is 0. The Labute approximate surface area is 117 Å². The zero-order valence-corrected chi connectivity index (χ0v) is 11.5. The van der Waals surface area contributed by atoms with Gasteiger partial charge >= 0.3 is 0 Å². The fourth-order valence-electron chi connectivity index (χ4n) is 2.60. The van der Waals surface area contributed by atoms with Crippen molar-refractivity contribution in [2.75, 3.05) is 18.5 Å². The molecule has 0 spiro atoms. The molecule has 0 radical (unpaired) electrons. The summed E-state index contributed by atoms with van der Waals surface area (Å²) >= 11 is 0. The molecule has 3 rings (SSSR count). The van der Waals surface area contributed by atoms with E-state index in [-0.39, 0.29) is 12.5 Å². The predicted molar refractivity (Wildman–Crippen MR) is 73.7 cm³/mol. The van der Waals surface area contributed by atoms with Gasteiger partial charge in [-0.3, -0.25) is 19.3 Å². The SMILES string of the molecule is Cc1cccc2c1N(CC(=O)N(C)C1CC1)C(=O)C2=O. The first-order chi connectivity index (χ1) is 9.50. The molecular weight excluding hydrogens is 256 g/mol. The Hall–Kier alpha value is -2.17. The van der Waals surface area contributed by atoms with Crippen LogP contribution < -0.4 is 4.90 Å². The highest BCUT2D eigenvalue weighted by Crippen LogP contribution is 2.32. The summed E-state index contributed by atoms with van der Waals surface area (Å²) in [7, 11) is 1.75. The minimum Gasteiger partial charge on any atom is -0.341 e. The maximum Gasteiger partial charge on any atom is 0.299 e. The lowest BCUT2D eigenvalue weighted by Gasteiger charge is -2.22. The van der Waals surface area contributed by atoms with Crippen molar-refractivity contribution in [3.8, 4) is 0 Å². The van der Waals surface area contributed by atoms with Gasteiger partial charge in [-0.15, -0.1) is 0 Å². The second kappa shape index (κ2) is 4.44. The highest BCUT2D eigenvalue weighted by atomic mass is 16.2. The van der Waals surface area contributed by atoms with E-state index in [2.05, 4.69) is 0 Å². The van der Waals surface area contributed by atoms with Crippen molar-refractivity contribution in [2.24, 2.45) is 0 Å². The van der Waals surface area contributed by atoms with Crippen molar-refractivity contribution in [1.29, 1.82) is 0 Å². The van der Waals surface area contributed by atoms with Crippen molar-refractivity contribution < 1.29 is 14.4 Å². The lowest BCUT2D eigenvalue weighted by molar-refractivity contribution is -0.130. The van der Waals surface area contributed by atoms with E-state index >= 15 is 0 Å². The van der Waals surface area contributed by atoms with Crippen molar-refractivity contribution in [3.05, 3.63) is 29.3 Å². The molecule has 2 amide bonds. The van der Waals surface area contributed by atoms with Crippen LogP contribution in [0.1, 0.15) is 28.8 Å². The van der Waals surface area contributed by atoms with E-state index < -0.39 is 11.7 Å². The second-order valence-electron chi connectivity index (χ2n) is 5.43. The Morgan fingerprint density at radius 2 is 2.05 bits per heavy atom. The van der Waals surface area contributed by atoms with E-state index in [9.17, 15) is 14.4 Å². The monoisotopic (exact) mass is 272 g/mol. The van der Waals surface area contributed by atoms with E-state index in [0.29, 0.717) is 17.3 Å². The van der Waals surface area contributed by atoms with Crippen LogP contribution in [0.3, 0.4) is 0 Å². The number of nitrogens with zero attached hydrogens (tertiary/aromatic N) is 2. The number of aryl methyl sites for hydroxylation is 1. The van der Waals surface area contributed by atoms with Crippen LogP contribution in [0, 0.1) is 6.92 Å². The molecule has 0 unspecified atom stereocenters. The van der Waals surface area contributed by atoms with Crippen molar-refractivity contribution in [1.82, 2.24) is 4.90 Å². The van der Waals surface area contributed by atoms with Gasteiger partial charge in [0, 0.05) is 13.1 Å². The van der Waals surface area contributed by atoms with E-state index in [1.807, 2.05) is 13.0 Å². The summed E-state index contributed by atoms with van der Waals surface area (Å²) in [5.41, 5.74) is 1.82. The maximum absolute atomic E-state index is 12.2. The Bertz CT molecular complexity index is 620. The highest BCUT2D eigenvalue weighted by Gasteiger charge is 2.39. The van der Waals surface area contributed by atoms with Crippen LogP contribution in [0.15, 0.2) is 18.2 Å². The van der Waals surface area contributed by atoms with Gasteiger partial charge in [-0.2, -0.15) is 0 Å². The number of ketones is 1. The Balaban J connectivity index is 1.89. The zero-order valence-electron chi connectivity index (χ0n) is 11.5. The van der Waals surface area contributed by atoms with E-state index in [0.717, 1.165) is 18.4 Å². The number of Topliss-reactive ketones (excluding diaryl/α,β-unsaturated/α-hetero) is 1. The Morgan fingerprint density at radius 1 is 1.35 bits per heavy atom. The molecule has 1 fully saturated rings. The third kappa shape index (κ3) is 1.90. The number of hydrogen-bond acceptors (Lipinski definition) is 3. The molecule has 5 nitrogen and oxygen atoms in total. The summed E-state index contributed by atoms with van der Waals surface area (Å²) in [6.45, 7) is 1.78. The standard InChI is InChI=1S/C15H16N2O3/c1-9-4-3-5-11-13(9)17(15(20)14(11)19)8-12(18)16(2)10-6-7-10/h3-5,10H,6-8H2,1-2H3. The molecule has 1 aromatic carbocycles. The van der Waals surface area contributed by atoms with Gasteiger partial charge in [-0.05, 0) is 31.4 Å². The van der Waals surface area contributed by atoms with Gasteiger partial charge < -0.3 is 4.90 Å². The van der Waals surface area contributed by atoms with Crippen LogP contribution in [0.25, 0.3) is 0 Å². The third-order valence-electron chi connectivity index (χ3n) is 3.97. The average Bonchev–Trinajstić information content (AvgIpc) is 3.23. The van der Waals surface area contributed by atoms with E-state index in [1.165, 1.54) is 4.90 Å². The molecule has 0 bridgehead atoms. The zero-order chi connectivity index (χ0) is 14.4. The van der Waals surface area contributed by atoms with Gasteiger partial charge in [0.1, 0.15) is 6.54 Å². The van der Waals surface area contributed by atoms with Crippen LogP contribution >= 0.6 is 0 Å². The molecule has 0 saturated heterocycles. The quantitative estimate of drug-likeness (QED) is 0.775. The van der Waals surface area contributed by atoms with Crippen LogP contribution in [0.4, 0.5) is 5.69 Å². The molecule has 1 aromatic rings. The molecule has 2 aliphatic rings. The minimum atomic E-state index is -0.605. The summed E-state index contributed by atoms with van der Waals surface area (Å²) in [6.07, 6.45) is 2.04. The summed E-state index contributed by atoms with van der Waals surface area (Å²) in [5, 5.41) is 0. The van der Waals surface area contributed by atoms with Gasteiger partial charge in [0.2, 0.25) is 5.91 Å². The first kappa shape index (κ1) is 12.8. The lowest BCUT2D eigenvalue weighted by atomic mass is 10.1. The number of fused-ring (bicyclic) bond motifs is 1. The summed E-state index contributed by atoms with van der Waals surface area (Å²) in [6, 6.07) is 5.53. The van der Waals surface area contributed by atoms with Gasteiger partial charge in [0.15, 0.2) is 0 Å². The smallest absolute Gasteiger partial charge is 0.299 e. The number of carbonyl (C=O) groups excluding carboxylic acids is 3. The van der Waals surface area contributed by atoms with Gasteiger partial charge in [0.25, 0.3) is 11.7 Å². The highest BCUT2D eigenvalue weighted by molar-refractivity contribution is 6.52. The number of likely N-dealkylation sites (N-methyl/N-ethyl adjacent to an activating group) is 1. The summed E-state index contributed by atoms with van der Waals surface area (Å²) in [4.78, 5) is 39.2. The summed E-state index contributed by atoms with van der Waals surface area (Å²) in [5.74, 6) is -1.25. The number of rotatable bonds is 3.